The van der Waals surface area contributed by atoms with Crippen LogP contribution in [-0.4, -0.2) is 5.54 Å². The predicted molar refractivity (Wildman–Crippen MR) is 48.0 cm³/mol. The summed E-state index contributed by atoms with van der Waals surface area (Å²) in [6.07, 6.45) is 11.1. The maximum atomic E-state index is 5.94. The molecule has 2 N–H and O–H groups in total. The van der Waals surface area contributed by atoms with Crippen molar-refractivity contribution in [1.29, 1.82) is 0 Å². The second kappa shape index (κ2) is 3.28. The summed E-state index contributed by atoms with van der Waals surface area (Å²) in [5.41, 5.74) is 5.67. The van der Waals surface area contributed by atoms with E-state index in [1.54, 1.807) is 0 Å². The van der Waals surface area contributed by atoms with Crippen molar-refractivity contribution >= 4 is 0 Å². The first-order valence-electron chi connectivity index (χ1n) is 4.47. The van der Waals surface area contributed by atoms with Crippen molar-refractivity contribution in [2.24, 2.45) is 11.7 Å². The molecule has 0 aliphatic heterocycles. The summed E-state index contributed by atoms with van der Waals surface area (Å²) in [5.74, 6) is 3.58. The summed E-state index contributed by atoms with van der Waals surface area (Å²) < 4.78 is 0. The maximum Gasteiger partial charge on any atom is 0.0773 e. The fraction of sp³-hybridized carbons (Fsp3) is 0.800. The first-order chi connectivity index (χ1) is 5.20. The number of hydrogen-bond acceptors (Lipinski definition) is 1. The molecule has 0 aromatic heterocycles. The number of nitrogens with two attached hydrogens (primary N) is 1. The van der Waals surface area contributed by atoms with Gasteiger partial charge in [-0.05, 0) is 31.6 Å². The molecule has 1 rings (SSSR count). The lowest BCUT2D eigenvalue weighted by Gasteiger charge is -2.32. The van der Waals surface area contributed by atoms with E-state index in [0.717, 1.165) is 18.8 Å². The van der Waals surface area contributed by atoms with Crippen LogP contribution < -0.4 is 5.73 Å². The molecule has 11 heavy (non-hydrogen) atoms. The molecule has 62 valence electrons. The van der Waals surface area contributed by atoms with Gasteiger partial charge < -0.3 is 5.73 Å². The molecule has 1 nitrogen and oxygen atoms in total. The van der Waals surface area contributed by atoms with Crippen LogP contribution in [0.4, 0.5) is 0 Å². The number of terminal acetylenes is 1. The van der Waals surface area contributed by atoms with E-state index in [-0.39, 0.29) is 5.54 Å². The molecule has 0 unspecified atom stereocenters. The molecule has 1 saturated carbocycles. The fourth-order valence-corrected chi connectivity index (χ4v) is 1.75. The molecule has 0 amide bonds. The Morgan fingerprint density at radius 3 is 2.45 bits per heavy atom. The van der Waals surface area contributed by atoms with Crippen molar-refractivity contribution in [3.63, 3.8) is 0 Å². The van der Waals surface area contributed by atoms with Gasteiger partial charge in [0.1, 0.15) is 0 Å². The van der Waals surface area contributed by atoms with Crippen molar-refractivity contribution in [3.05, 3.63) is 0 Å². The van der Waals surface area contributed by atoms with Crippen LogP contribution in [0.5, 0.6) is 0 Å². The Labute approximate surface area is 69.4 Å². The van der Waals surface area contributed by atoms with Gasteiger partial charge in [-0.2, -0.15) is 0 Å². The number of rotatable bonds is 1. The number of hydrogen-bond donors (Lipinski definition) is 1. The van der Waals surface area contributed by atoms with Crippen LogP contribution >= 0.6 is 0 Å². The summed E-state index contributed by atoms with van der Waals surface area (Å²) in [6, 6.07) is 0. The minimum atomic E-state index is -0.272. The summed E-state index contributed by atoms with van der Waals surface area (Å²) in [4.78, 5) is 0. The SMILES string of the molecule is C#CC1(N)CCC(CC)CC1. The van der Waals surface area contributed by atoms with Gasteiger partial charge in [0.05, 0.1) is 5.54 Å². The molecule has 1 aliphatic carbocycles. The third kappa shape index (κ3) is 1.97. The molecule has 0 bridgehead atoms. The van der Waals surface area contributed by atoms with E-state index >= 15 is 0 Å². The smallest absolute Gasteiger partial charge is 0.0773 e. The van der Waals surface area contributed by atoms with E-state index in [9.17, 15) is 0 Å². The lowest BCUT2D eigenvalue weighted by molar-refractivity contribution is 0.277. The zero-order valence-electron chi connectivity index (χ0n) is 7.27. The highest BCUT2D eigenvalue weighted by molar-refractivity contribution is 5.12. The molecule has 1 fully saturated rings. The standard InChI is InChI=1S/C10H17N/c1-3-9-5-7-10(11,4-2)8-6-9/h2,9H,3,5-8,11H2,1H3. The molecule has 0 aromatic rings. The molecule has 0 saturated heterocycles. The third-order valence-electron chi connectivity index (χ3n) is 2.86. The first-order valence-corrected chi connectivity index (χ1v) is 4.47. The Hall–Kier alpha value is -0.480. The van der Waals surface area contributed by atoms with E-state index in [1.807, 2.05) is 0 Å². The van der Waals surface area contributed by atoms with Crippen molar-refractivity contribution in [2.45, 2.75) is 44.6 Å². The highest BCUT2D eigenvalue weighted by atomic mass is 14.7. The Morgan fingerprint density at radius 2 is 2.09 bits per heavy atom. The van der Waals surface area contributed by atoms with Crippen LogP contribution in [-0.2, 0) is 0 Å². The van der Waals surface area contributed by atoms with Gasteiger partial charge in [0, 0.05) is 0 Å². The predicted octanol–water partition coefficient (Wildman–Crippen LogP) is 1.92. The Bertz CT molecular complexity index is 158. The molecule has 0 spiro atoms. The van der Waals surface area contributed by atoms with Crippen LogP contribution in [0.1, 0.15) is 39.0 Å². The van der Waals surface area contributed by atoms with Crippen molar-refractivity contribution in [2.75, 3.05) is 0 Å². The summed E-state index contributed by atoms with van der Waals surface area (Å²) >= 11 is 0. The topological polar surface area (TPSA) is 26.0 Å². The lowest BCUT2D eigenvalue weighted by atomic mass is 9.77. The molecular formula is C10H17N. The van der Waals surface area contributed by atoms with Gasteiger partial charge in [0.15, 0.2) is 0 Å². The minimum Gasteiger partial charge on any atom is -0.315 e. The minimum absolute atomic E-state index is 0.272. The van der Waals surface area contributed by atoms with Crippen LogP contribution in [0.15, 0.2) is 0 Å². The second-order valence-electron chi connectivity index (χ2n) is 3.65. The van der Waals surface area contributed by atoms with E-state index < -0.39 is 0 Å². The van der Waals surface area contributed by atoms with Gasteiger partial charge >= 0.3 is 0 Å². The van der Waals surface area contributed by atoms with E-state index in [0.29, 0.717) is 0 Å². The van der Waals surface area contributed by atoms with Gasteiger partial charge in [0.25, 0.3) is 0 Å². The molecule has 0 atom stereocenters. The van der Waals surface area contributed by atoms with Crippen LogP contribution in [0.25, 0.3) is 0 Å². The highest BCUT2D eigenvalue weighted by Crippen LogP contribution is 2.31. The maximum absolute atomic E-state index is 5.94. The van der Waals surface area contributed by atoms with Crippen LogP contribution in [0.3, 0.4) is 0 Å². The molecule has 0 aromatic carbocycles. The largest absolute Gasteiger partial charge is 0.315 e. The lowest BCUT2D eigenvalue weighted by Crippen LogP contribution is -2.41. The van der Waals surface area contributed by atoms with Crippen molar-refractivity contribution in [3.8, 4) is 12.3 Å². The van der Waals surface area contributed by atoms with Crippen molar-refractivity contribution < 1.29 is 0 Å². The quantitative estimate of drug-likeness (QED) is 0.569. The summed E-state index contributed by atoms with van der Waals surface area (Å²) in [5, 5.41) is 0. The molecule has 0 radical (unpaired) electrons. The van der Waals surface area contributed by atoms with Crippen LogP contribution in [0.2, 0.25) is 0 Å². The molecular weight excluding hydrogens is 134 g/mol. The third-order valence-corrected chi connectivity index (χ3v) is 2.86. The molecule has 1 heteroatoms. The zero-order valence-corrected chi connectivity index (χ0v) is 7.27. The van der Waals surface area contributed by atoms with Gasteiger partial charge in [-0.15, -0.1) is 6.42 Å². The Morgan fingerprint density at radius 1 is 1.55 bits per heavy atom. The van der Waals surface area contributed by atoms with Crippen molar-refractivity contribution in [1.82, 2.24) is 0 Å². The Kier molecular flexibility index (Phi) is 2.57. The van der Waals surface area contributed by atoms with Gasteiger partial charge in [-0.25, -0.2) is 0 Å². The van der Waals surface area contributed by atoms with Gasteiger partial charge in [-0.3, -0.25) is 0 Å². The van der Waals surface area contributed by atoms with E-state index in [1.165, 1.54) is 19.3 Å². The molecule has 1 aliphatic rings. The average Bonchev–Trinajstić information content (AvgIpc) is 2.06. The van der Waals surface area contributed by atoms with Gasteiger partial charge in [-0.1, -0.05) is 19.3 Å². The summed E-state index contributed by atoms with van der Waals surface area (Å²) in [6.45, 7) is 2.24. The molecule has 0 heterocycles. The average molecular weight is 151 g/mol. The fourth-order valence-electron chi connectivity index (χ4n) is 1.75. The normalized spacial score (nSPS) is 38.1. The Balaban J connectivity index is 2.43. The highest BCUT2D eigenvalue weighted by Gasteiger charge is 2.28. The van der Waals surface area contributed by atoms with E-state index in [4.69, 9.17) is 12.2 Å². The monoisotopic (exact) mass is 151 g/mol. The van der Waals surface area contributed by atoms with Gasteiger partial charge in [0.2, 0.25) is 0 Å². The zero-order chi connectivity index (χ0) is 8.32. The van der Waals surface area contributed by atoms with Crippen LogP contribution in [0, 0.1) is 18.3 Å². The first kappa shape index (κ1) is 8.62. The van der Waals surface area contributed by atoms with E-state index in [2.05, 4.69) is 12.8 Å². The second-order valence-corrected chi connectivity index (χ2v) is 3.65. The summed E-state index contributed by atoms with van der Waals surface area (Å²) in [7, 11) is 0.